The first-order valence-corrected chi connectivity index (χ1v) is 9.17. The van der Waals surface area contributed by atoms with Crippen molar-refractivity contribution in [2.45, 2.75) is 32.6 Å². The van der Waals surface area contributed by atoms with E-state index in [1.54, 1.807) is 37.3 Å². The summed E-state index contributed by atoms with van der Waals surface area (Å²) in [6, 6.07) is 8.28. The molecule has 7 heteroatoms. The molecule has 0 spiro atoms. The lowest BCUT2D eigenvalue weighted by molar-refractivity contribution is 0.0600. The average molecular weight is 368 g/mol. The van der Waals surface area contributed by atoms with E-state index in [0.717, 1.165) is 31.7 Å². The molecule has 142 valence electrons. The third kappa shape index (κ3) is 4.81. The van der Waals surface area contributed by atoms with Gasteiger partial charge in [0.2, 0.25) is 0 Å². The van der Waals surface area contributed by atoms with Crippen LogP contribution in [-0.2, 0) is 4.74 Å². The molecule has 1 N–H and O–H groups in total. The molecule has 1 aromatic heterocycles. The number of nitrogens with one attached hydrogen (secondary N) is 1. The van der Waals surface area contributed by atoms with Crippen LogP contribution in [0.5, 0.6) is 0 Å². The van der Waals surface area contributed by atoms with Gasteiger partial charge in [-0.1, -0.05) is 12.8 Å². The zero-order valence-electron chi connectivity index (χ0n) is 15.7. The van der Waals surface area contributed by atoms with Gasteiger partial charge in [-0.3, -0.25) is 4.79 Å². The summed E-state index contributed by atoms with van der Waals surface area (Å²) >= 11 is 0. The van der Waals surface area contributed by atoms with Crippen molar-refractivity contribution < 1.29 is 14.3 Å². The van der Waals surface area contributed by atoms with Crippen molar-refractivity contribution in [2.24, 2.45) is 0 Å². The van der Waals surface area contributed by atoms with Gasteiger partial charge < -0.3 is 15.0 Å². The first-order valence-electron chi connectivity index (χ1n) is 9.17. The van der Waals surface area contributed by atoms with Crippen LogP contribution in [0, 0.1) is 6.92 Å². The molecule has 2 aromatic rings. The Balaban J connectivity index is 1.75. The Morgan fingerprint density at radius 2 is 1.70 bits per heavy atom. The molecule has 0 saturated carbocycles. The minimum absolute atomic E-state index is 0.303. The van der Waals surface area contributed by atoms with E-state index in [4.69, 9.17) is 0 Å². The minimum atomic E-state index is -0.415. The minimum Gasteiger partial charge on any atom is -0.465 e. The highest BCUT2D eigenvalue weighted by molar-refractivity contribution is 6.03. The molecule has 0 unspecified atom stereocenters. The second-order valence-corrected chi connectivity index (χ2v) is 6.58. The number of hydrogen-bond acceptors (Lipinski definition) is 6. The molecule has 0 bridgehead atoms. The number of carbonyl (C=O) groups excluding carboxylic acids is 2. The molecule has 1 amide bonds. The van der Waals surface area contributed by atoms with E-state index in [-0.39, 0.29) is 5.91 Å². The fourth-order valence-electron chi connectivity index (χ4n) is 3.13. The maximum Gasteiger partial charge on any atom is 0.337 e. The third-order valence-corrected chi connectivity index (χ3v) is 4.55. The second kappa shape index (κ2) is 8.62. The number of esters is 1. The lowest BCUT2D eigenvalue weighted by Crippen LogP contribution is -2.26. The lowest BCUT2D eigenvalue weighted by Gasteiger charge is -2.22. The first-order chi connectivity index (χ1) is 13.1. The van der Waals surface area contributed by atoms with E-state index < -0.39 is 5.97 Å². The molecule has 27 heavy (non-hydrogen) atoms. The maximum absolute atomic E-state index is 12.6. The van der Waals surface area contributed by atoms with Crippen LogP contribution < -0.4 is 10.2 Å². The molecule has 0 radical (unpaired) electrons. The summed E-state index contributed by atoms with van der Waals surface area (Å²) in [6.45, 7) is 3.70. The Kier molecular flexibility index (Phi) is 6.01. The van der Waals surface area contributed by atoms with Gasteiger partial charge >= 0.3 is 5.97 Å². The standard InChI is InChI=1S/C20H24N4O3/c1-14-21-17(13-18(22-14)24-11-5-3-4-6-12-24)19(25)23-16-9-7-15(8-10-16)20(26)27-2/h7-10,13H,3-6,11-12H2,1-2H3,(H,23,25). The van der Waals surface area contributed by atoms with Gasteiger partial charge in [0, 0.05) is 24.8 Å². The van der Waals surface area contributed by atoms with Gasteiger partial charge in [-0.15, -0.1) is 0 Å². The Morgan fingerprint density at radius 3 is 2.33 bits per heavy atom. The van der Waals surface area contributed by atoms with Crippen molar-refractivity contribution in [3.05, 3.63) is 47.4 Å². The fraction of sp³-hybridized carbons (Fsp3) is 0.400. The smallest absolute Gasteiger partial charge is 0.337 e. The number of aryl methyl sites for hydroxylation is 1. The Morgan fingerprint density at radius 1 is 1.04 bits per heavy atom. The number of carbonyl (C=O) groups is 2. The van der Waals surface area contributed by atoms with Crippen LogP contribution in [0.15, 0.2) is 30.3 Å². The summed E-state index contributed by atoms with van der Waals surface area (Å²) in [4.78, 5) is 35.1. The topological polar surface area (TPSA) is 84.4 Å². The van der Waals surface area contributed by atoms with E-state index in [1.807, 2.05) is 0 Å². The Labute approximate surface area is 158 Å². The number of ether oxygens (including phenoxy) is 1. The molecule has 1 fully saturated rings. The molecule has 1 aromatic carbocycles. The summed E-state index contributed by atoms with van der Waals surface area (Å²) < 4.78 is 4.67. The van der Waals surface area contributed by atoms with Gasteiger partial charge in [-0.25, -0.2) is 14.8 Å². The van der Waals surface area contributed by atoms with Crippen molar-refractivity contribution >= 4 is 23.4 Å². The average Bonchev–Trinajstić information content (AvgIpc) is 2.97. The zero-order chi connectivity index (χ0) is 19.2. The van der Waals surface area contributed by atoms with Gasteiger partial charge in [-0.05, 0) is 44.0 Å². The molecule has 0 atom stereocenters. The van der Waals surface area contributed by atoms with Crippen LogP contribution >= 0.6 is 0 Å². The van der Waals surface area contributed by atoms with Crippen LogP contribution in [0.25, 0.3) is 0 Å². The van der Waals surface area contributed by atoms with Gasteiger partial charge in [0.05, 0.1) is 12.7 Å². The van der Waals surface area contributed by atoms with E-state index in [2.05, 4.69) is 24.9 Å². The number of hydrogen-bond donors (Lipinski definition) is 1. The number of methoxy groups -OCH3 is 1. The maximum atomic E-state index is 12.6. The highest BCUT2D eigenvalue weighted by atomic mass is 16.5. The SMILES string of the molecule is COC(=O)c1ccc(NC(=O)c2cc(N3CCCCCC3)nc(C)n2)cc1. The zero-order valence-corrected chi connectivity index (χ0v) is 15.7. The molecule has 3 rings (SSSR count). The summed E-state index contributed by atoms with van der Waals surface area (Å²) in [5.41, 5.74) is 1.34. The Bertz CT molecular complexity index is 812. The molecule has 1 aliphatic rings. The van der Waals surface area contributed by atoms with Crippen molar-refractivity contribution in [2.75, 3.05) is 30.4 Å². The predicted molar refractivity (Wildman–Crippen MR) is 103 cm³/mol. The third-order valence-electron chi connectivity index (χ3n) is 4.55. The normalized spacial score (nSPS) is 14.4. The molecule has 1 aliphatic heterocycles. The van der Waals surface area contributed by atoms with Gasteiger partial charge in [0.1, 0.15) is 17.3 Å². The number of anilines is 2. The summed E-state index contributed by atoms with van der Waals surface area (Å²) in [6.07, 6.45) is 4.74. The molecule has 1 saturated heterocycles. The van der Waals surface area contributed by atoms with Crippen molar-refractivity contribution in [3.63, 3.8) is 0 Å². The van der Waals surface area contributed by atoms with E-state index >= 15 is 0 Å². The van der Waals surface area contributed by atoms with Crippen molar-refractivity contribution in [1.29, 1.82) is 0 Å². The predicted octanol–water partition coefficient (Wildman–Crippen LogP) is 3.20. The molecular formula is C20H24N4O3. The number of rotatable bonds is 4. The Hall–Kier alpha value is -2.96. The van der Waals surface area contributed by atoms with Crippen molar-refractivity contribution in [3.8, 4) is 0 Å². The quantitative estimate of drug-likeness (QED) is 0.834. The molecular weight excluding hydrogens is 344 g/mol. The molecule has 0 aliphatic carbocycles. The first kappa shape index (κ1) is 18.8. The van der Waals surface area contributed by atoms with Crippen LogP contribution in [0.4, 0.5) is 11.5 Å². The van der Waals surface area contributed by atoms with Crippen LogP contribution in [0.3, 0.4) is 0 Å². The molecule has 2 heterocycles. The largest absolute Gasteiger partial charge is 0.465 e. The fourth-order valence-corrected chi connectivity index (χ4v) is 3.13. The summed E-state index contributed by atoms with van der Waals surface area (Å²) in [7, 11) is 1.33. The van der Waals surface area contributed by atoms with Gasteiger partial charge in [0.15, 0.2) is 0 Å². The summed E-state index contributed by atoms with van der Waals surface area (Å²) in [5, 5.41) is 2.81. The molecule has 7 nitrogen and oxygen atoms in total. The number of nitrogens with zero attached hydrogens (tertiary/aromatic N) is 3. The summed E-state index contributed by atoms with van der Waals surface area (Å²) in [5.74, 6) is 0.655. The van der Waals surface area contributed by atoms with Crippen LogP contribution in [0.2, 0.25) is 0 Å². The number of benzene rings is 1. The highest BCUT2D eigenvalue weighted by Crippen LogP contribution is 2.19. The number of aromatic nitrogens is 2. The van der Waals surface area contributed by atoms with Gasteiger partial charge in [0.25, 0.3) is 5.91 Å². The van der Waals surface area contributed by atoms with E-state index in [0.29, 0.717) is 22.8 Å². The van der Waals surface area contributed by atoms with Gasteiger partial charge in [-0.2, -0.15) is 0 Å². The van der Waals surface area contributed by atoms with E-state index in [9.17, 15) is 9.59 Å². The van der Waals surface area contributed by atoms with E-state index in [1.165, 1.54) is 20.0 Å². The number of amides is 1. The second-order valence-electron chi connectivity index (χ2n) is 6.58. The van der Waals surface area contributed by atoms with Crippen LogP contribution in [0.1, 0.15) is 52.4 Å². The highest BCUT2D eigenvalue weighted by Gasteiger charge is 2.16. The monoisotopic (exact) mass is 368 g/mol. The lowest BCUT2D eigenvalue weighted by atomic mass is 10.2. The van der Waals surface area contributed by atoms with Crippen LogP contribution in [-0.4, -0.2) is 42.0 Å². The van der Waals surface area contributed by atoms with Crippen molar-refractivity contribution in [1.82, 2.24) is 9.97 Å².